The minimum absolute atomic E-state index is 0.516. The fraction of sp³-hybridized carbons (Fsp3) is 0.231. The van der Waals surface area contributed by atoms with Crippen LogP contribution in [-0.4, -0.2) is 24.1 Å². The molecule has 7 nitrogen and oxygen atoms in total. The van der Waals surface area contributed by atoms with E-state index in [2.05, 4.69) is 26.0 Å². The molecule has 106 valence electrons. The lowest BCUT2D eigenvalue weighted by molar-refractivity contribution is 0.416. The maximum Gasteiger partial charge on any atom is 0.229 e. The Morgan fingerprint density at radius 2 is 2.00 bits per heavy atom. The summed E-state index contributed by atoms with van der Waals surface area (Å²) in [4.78, 5) is 8.66. The first-order valence-corrected chi connectivity index (χ1v) is 6.11. The summed E-state index contributed by atoms with van der Waals surface area (Å²) >= 11 is 0. The van der Waals surface area contributed by atoms with Gasteiger partial charge in [0, 0.05) is 24.5 Å². The van der Waals surface area contributed by atoms with Gasteiger partial charge in [0.05, 0.1) is 12.8 Å². The zero-order valence-electron chi connectivity index (χ0n) is 11.7. The molecule has 1 aromatic heterocycles. The minimum atomic E-state index is 0.516. The first-order chi connectivity index (χ1) is 9.66. The largest absolute Gasteiger partial charge is 0.495 e. The van der Waals surface area contributed by atoms with Crippen LogP contribution in [0.25, 0.3) is 0 Å². The maximum atomic E-state index is 5.46. The van der Waals surface area contributed by atoms with Gasteiger partial charge in [0.15, 0.2) is 0 Å². The van der Waals surface area contributed by atoms with Crippen molar-refractivity contribution in [2.45, 2.75) is 6.92 Å². The van der Waals surface area contributed by atoms with Gasteiger partial charge in [-0.1, -0.05) is 0 Å². The van der Waals surface area contributed by atoms with Gasteiger partial charge in [-0.2, -0.15) is 4.98 Å². The lowest BCUT2D eigenvalue weighted by Gasteiger charge is -2.11. The highest BCUT2D eigenvalue weighted by atomic mass is 16.5. The number of methoxy groups -OCH3 is 1. The Morgan fingerprint density at radius 1 is 1.20 bits per heavy atom. The molecular formula is C13H18N6O. The Bertz CT molecular complexity index is 601. The Hall–Kier alpha value is -2.54. The van der Waals surface area contributed by atoms with Crippen molar-refractivity contribution < 1.29 is 4.74 Å². The van der Waals surface area contributed by atoms with Crippen LogP contribution in [0.15, 0.2) is 24.3 Å². The van der Waals surface area contributed by atoms with Crippen LogP contribution < -0.4 is 26.6 Å². The number of nitrogens with one attached hydrogen (secondary N) is 3. The number of hydrazine groups is 1. The molecule has 2 aromatic rings. The van der Waals surface area contributed by atoms with E-state index in [1.165, 1.54) is 0 Å². The third-order valence-corrected chi connectivity index (χ3v) is 2.72. The van der Waals surface area contributed by atoms with Crippen molar-refractivity contribution in [3.05, 3.63) is 30.0 Å². The van der Waals surface area contributed by atoms with Crippen molar-refractivity contribution in [2.75, 3.05) is 30.2 Å². The number of aryl methyl sites for hydroxylation is 1. The number of hydrogen-bond donors (Lipinski definition) is 4. The van der Waals surface area contributed by atoms with Crippen LogP contribution in [0, 0.1) is 6.92 Å². The molecule has 0 unspecified atom stereocenters. The smallest absolute Gasteiger partial charge is 0.229 e. The lowest BCUT2D eigenvalue weighted by atomic mass is 10.2. The molecule has 0 spiro atoms. The van der Waals surface area contributed by atoms with E-state index in [0.29, 0.717) is 17.4 Å². The Labute approximate surface area is 117 Å². The van der Waals surface area contributed by atoms with E-state index in [1.54, 1.807) is 7.11 Å². The van der Waals surface area contributed by atoms with Gasteiger partial charge in [-0.25, -0.2) is 4.98 Å². The third kappa shape index (κ3) is 3.07. The van der Waals surface area contributed by atoms with E-state index >= 15 is 0 Å². The number of nitrogen functional groups attached to an aromatic ring is 1. The predicted molar refractivity (Wildman–Crippen MR) is 80.4 cm³/mol. The zero-order chi connectivity index (χ0) is 14.5. The van der Waals surface area contributed by atoms with Crippen LogP contribution in [0.2, 0.25) is 0 Å². The number of aromatic nitrogens is 2. The van der Waals surface area contributed by atoms with Crippen LogP contribution in [0.1, 0.15) is 5.69 Å². The van der Waals surface area contributed by atoms with E-state index in [1.807, 2.05) is 38.2 Å². The van der Waals surface area contributed by atoms with E-state index in [4.69, 9.17) is 10.6 Å². The summed E-state index contributed by atoms with van der Waals surface area (Å²) in [5.41, 5.74) is 4.95. The summed E-state index contributed by atoms with van der Waals surface area (Å²) in [6.07, 6.45) is 0. The molecule has 5 N–H and O–H groups in total. The number of hydrogen-bond acceptors (Lipinski definition) is 7. The standard InChI is InChI=1S/C13H18N6O/c1-8-6-12(15-2)18-13(16-8)17-9-4-5-11(20-3)10(7-9)19-14/h4-7,19H,14H2,1-3H3,(H2,15,16,17,18). The van der Waals surface area contributed by atoms with Crippen LogP contribution >= 0.6 is 0 Å². The quantitative estimate of drug-likeness (QED) is 0.488. The molecule has 7 heteroatoms. The van der Waals surface area contributed by atoms with Crippen LogP contribution in [-0.2, 0) is 0 Å². The van der Waals surface area contributed by atoms with Crippen molar-refractivity contribution in [1.82, 2.24) is 9.97 Å². The maximum absolute atomic E-state index is 5.46. The molecule has 1 aromatic carbocycles. The molecule has 0 amide bonds. The SMILES string of the molecule is CNc1cc(C)nc(Nc2ccc(OC)c(NN)c2)n1. The van der Waals surface area contributed by atoms with E-state index < -0.39 is 0 Å². The van der Waals surface area contributed by atoms with Gasteiger partial charge in [0.1, 0.15) is 11.6 Å². The van der Waals surface area contributed by atoms with Gasteiger partial charge in [0.25, 0.3) is 0 Å². The number of nitrogens with zero attached hydrogens (tertiary/aromatic N) is 2. The summed E-state index contributed by atoms with van der Waals surface area (Å²) in [5.74, 6) is 7.40. The Morgan fingerprint density at radius 3 is 2.65 bits per heavy atom. The lowest BCUT2D eigenvalue weighted by Crippen LogP contribution is -2.09. The van der Waals surface area contributed by atoms with Gasteiger partial charge in [0.2, 0.25) is 5.95 Å². The van der Waals surface area contributed by atoms with Gasteiger partial charge >= 0.3 is 0 Å². The van der Waals surface area contributed by atoms with Crippen LogP contribution in [0.4, 0.5) is 23.1 Å². The minimum Gasteiger partial charge on any atom is -0.495 e. The van der Waals surface area contributed by atoms with Crippen molar-refractivity contribution in [3.8, 4) is 5.75 Å². The Kier molecular flexibility index (Phi) is 4.21. The van der Waals surface area contributed by atoms with Gasteiger partial charge in [-0.05, 0) is 25.1 Å². The highest BCUT2D eigenvalue weighted by Gasteiger charge is 2.05. The fourth-order valence-electron chi connectivity index (χ4n) is 1.78. The van der Waals surface area contributed by atoms with Gasteiger partial charge in [-0.15, -0.1) is 0 Å². The number of benzene rings is 1. The first kappa shape index (κ1) is 13.9. The summed E-state index contributed by atoms with van der Waals surface area (Å²) in [6.45, 7) is 1.91. The second kappa shape index (κ2) is 6.07. The average Bonchev–Trinajstić information content (AvgIpc) is 2.46. The highest BCUT2D eigenvalue weighted by molar-refractivity contribution is 5.67. The molecule has 0 atom stereocenters. The van der Waals surface area contributed by atoms with E-state index in [0.717, 1.165) is 17.2 Å². The van der Waals surface area contributed by atoms with Crippen molar-refractivity contribution in [2.24, 2.45) is 5.84 Å². The van der Waals surface area contributed by atoms with Crippen molar-refractivity contribution in [3.63, 3.8) is 0 Å². The average molecular weight is 274 g/mol. The monoisotopic (exact) mass is 274 g/mol. The number of rotatable bonds is 5. The number of anilines is 4. The molecule has 0 bridgehead atoms. The van der Waals surface area contributed by atoms with Crippen LogP contribution in [0.3, 0.4) is 0 Å². The molecule has 0 aliphatic rings. The number of nitrogens with two attached hydrogens (primary N) is 1. The molecule has 20 heavy (non-hydrogen) atoms. The van der Waals surface area contributed by atoms with E-state index in [9.17, 15) is 0 Å². The van der Waals surface area contributed by atoms with E-state index in [-0.39, 0.29) is 0 Å². The molecule has 0 saturated heterocycles. The molecule has 2 rings (SSSR count). The normalized spacial score (nSPS) is 10.0. The highest BCUT2D eigenvalue weighted by Crippen LogP contribution is 2.28. The molecule has 0 aliphatic heterocycles. The molecule has 0 saturated carbocycles. The second-order valence-electron chi connectivity index (χ2n) is 4.15. The van der Waals surface area contributed by atoms with Gasteiger partial charge < -0.3 is 20.8 Å². The topological polar surface area (TPSA) is 97.1 Å². The molecule has 0 aliphatic carbocycles. The molecule has 0 radical (unpaired) electrons. The second-order valence-corrected chi connectivity index (χ2v) is 4.15. The van der Waals surface area contributed by atoms with Crippen molar-refractivity contribution in [1.29, 1.82) is 0 Å². The first-order valence-electron chi connectivity index (χ1n) is 6.11. The van der Waals surface area contributed by atoms with Crippen LogP contribution in [0.5, 0.6) is 5.75 Å². The van der Waals surface area contributed by atoms with Crippen molar-refractivity contribution >= 4 is 23.1 Å². The summed E-state index contributed by atoms with van der Waals surface area (Å²) in [5, 5.41) is 6.12. The zero-order valence-corrected chi connectivity index (χ0v) is 11.7. The molecular weight excluding hydrogens is 256 g/mol. The molecule has 1 heterocycles. The number of ether oxygens (including phenoxy) is 1. The third-order valence-electron chi connectivity index (χ3n) is 2.72. The fourth-order valence-corrected chi connectivity index (χ4v) is 1.78. The predicted octanol–water partition coefficient (Wildman–Crippen LogP) is 1.86. The van der Waals surface area contributed by atoms with Gasteiger partial charge in [-0.3, -0.25) is 5.84 Å². The summed E-state index contributed by atoms with van der Waals surface area (Å²) < 4.78 is 5.19. The Balaban J connectivity index is 2.27. The molecule has 0 fully saturated rings. The summed E-state index contributed by atoms with van der Waals surface area (Å²) in [7, 11) is 3.40. The summed E-state index contributed by atoms with van der Waals surface area (Å²) in [6, 6.07) is 7.37.